The predicted molar refractivity (Wildman–Crippen MR) is 117 cm³/mol. The number of amides is 1. The number of likely N-dealkylation sites (N-methyl/N-ethyl adjacent to an activating group) is 1. The van der Waals surface area contributed by atoms with Crippen LogP contribution in [0.1, 0.15) is 30.1 Å². The van der Waals surface area contributed by atoms with E-state index in [1.807, 2.05) is 37.2 Å². The molecule has 0 unspecified atom stereocenters. The Morgan fingerprint density at radius 3 is 2.69 bits per heavy atom. The van der Waals surface area contributed by atoms with Gasteiger partial charge in [-0.05, 0) is 50.8 Å². The van der Waals surface area contributed by atoms with Gasteiger partial charge in [-0.1, -0.05) is 36.8 Å². The summed E-state index contributed by atoms with van der Waals surface area (Å²) >= 11 is 1.32. The third-order valence-electron chi connectivity index (χ3n) is 4.45. The van der Waals surface area contributed by atoms with E-state index >= 15 is 0 Å². The number of benzene rings is 2. The van der Waals surface area contributed by atoms with Crippen molar-refractivity contribution in [3.8, 4) is 5.75 Å². The Morgan fingerprint density at radius 2 is 1.97 bits per heavy atom. The van der Waals surface area contributed by atoms with E-state index in [1.54, 1.807) is 23.1 Å². The number of carbonyl (C=O) groups is 1. The van der Waals surface area contributed by atoms with Crippen LogP contribution in [0.3, 0.4) is 0 Å². The molecule has 29 heavy (non-hydrogen) atoms. The monoisotopic (exact) mass is 415 g/mol. The molecule has 0 radical (unpaired) electrons. The molecule has 0 saturated carbocycles. The number of halogens is 1. The zero-order valence-electron chi connectivity index (χ0n) is 17.0. The normalized spacial score (nSPS) is 11.2. The lowest BCUT2D eigenvalue weighted by Crippen LogP contribution is -2.36. The lowest BCUT2D eigenvalue weighted by Gasteiger charge is -2.22. The molecule has 0 aliphatic rings. The lowest BCUT2D eigenvalue weighted by molar-refractivity contribution is 0.0984. The van der Waals surface area contributed by atoms with Crippen LogP contribution < -0.4 is 9.64 Å². The van der Waals surface area contributed by atoms with E-state index < -0.39 is 0 Å². The Balaban J connectivity index is 1.90. The lowest BCUT2D eigenvalue weighted by atomic mass is 10.2. The van der Waals surface area contributed by atoms with Crippen LogP contribution in [-0.2, 0) is 0 Å². The molecule has 0 N–H and O–H groups in total. The number of carbonyl (C=O) groups excluding carboxylic acids is 1. The van der Waals surface area contributed by atoms with E-state index in [0.29, 0.717) is 41.7 Å². The standard InChI is InChI=1S/C22H26FN3O2S/c1-4-5-14-28-17-9-6-8-16(15-17)21(27)26(13-12-25(2)3)22-24-20-18(23)10-7-11-19(20)29-22/h6-11,15H,4-5,12-14H2,1-3H3. The number of unbranched alkanes of at least 4 members (excludes halogenated alkanes) is 1. The van der Waals surface area contributed by atoms with Gasteiger partial charge in [0.2, 0.25) is 0 Å². The molecule has 1 aromatic heterocycles. The van der Waals surface area contributed by atoms with Gasteiger partial charge in [0.05, 0.1) is 11.3 Å². The van der Waals surface area contributed by atoms with Crippen LogP contribution in [0.4, 0.5) is 9.52 Å². The van der Waals surface area contributed by atoms with Crippen molar-refractivity contribution in [3.05, 3.63) is 53.8 Å². The number of hydrogen-bond acceptors (Lipinski definition) is 5. The quantitative estimate of drug-likeness (QED) is 0.470. The third kappa shape index (κ3) is 5.31. The van der Waals surface area contributed by atoms with E-state index in [9.17, 15) is 9.18 Å². The van der Waals surface area contributed by atoms with E-state index in [2.05, 4.69) is 11.9 Å². The minimum absolute atomic E-state index is 0.174. The first-order valence-corrected chi connectivity index (χ1v) is 10.6. The summed E-state index contributed by atoms with van der Waals surface area (Å²) in [4.78, 5) is 21.4. The molecule has 0 spiro atoms. The topological polar surface area (TPSA) is 45.7 Å². The van der Waals surface area contributed by atoms with E-state index in [1.165, 1.54) is 17.4 Å². The SMILES string of the molecule is CCCCOc1cccc(C(=O)N(CCN(C)C)c2nc3c(F)cccc3s2)c1. The Labute approximate surface area is 174 Å². The van der Waals surface area contributed by atoms with E-state index in [-0.39, 0.29) is 11.7 Å². The highest BCUT2D eigenvalue weighted by atomic mass is 32.1. The maximum Gasteiger partial charge on any atom is 0.260 e. The van der Waals surface area contributed by atoms with Crippen molar-refractivity contribution in [2.75, 3.05) is 38.7 Å². The fraction of sp³-hybridized carbons (Fsp3) is 0.364. The van der Waals surface area contributed by atoms with Crippen molar-refractivity contribution in [1.29, 1.82) is 0 Å². The first-order chi connectivity index (χ1) is 14.0. The highest BCUT2D eigenvalue weighted by Gasteiger charge is 2.22. The van der Waals surface area contributed by atoms with Crippen LogP contribution in [0.2, 0.25) is 0 Å². The highest BCUT2D eigenvalue weighted by molar-refractivity contribution is 7.22. The first-order valence-electron chi connectivity index (χ1n) is 9.74. The Hall–Kier alpha value is -2.51. The molecule has 0 fully saturated rings. The minimum atomic E-state index is -0.378. The number of fused-ring (bicyclic) bond motifs is 1. The Morgan fingerprint density at radius 1 is 1.17 bits per heavy atom. The second kappa shape index (κ2) is 9.80. The predicted octanol–water partition coefficient (Wildman–Crippen LogP) is 4.82. The molecule has 3 aromatic rings. The second-order valence-electron chi connectivity index (χ2n) is 7.07. The summed E-state index contributed by atoms with van der Waals surface area (Å²) in [7, 11) is 3.89. The zero-order valence-corrected chi connectivity index (χ0v) is 17.8. The summed E-state index contributed by atoms with van der Waals surface area (Å²) in [6.07, 6.45) is 2.01. The number of anilines is 1. The molecule has 5 nitrogen and oxygen atoms in total. The van der Waals surface area contributed by atoms with Gasteiger partial charge >= 0.3 is 0 Å². The van der Waals surface area contributed by atoms with E-state index in [4.69, 9.17) is 4.74 Å². The average molecular weight is 416 g/mol. The van der Waals surface area contributed by atoms with Crippen LogP contribution in [0, 0.1) is 5.82 Å². The fourth-order valence-corrected chi connectivity index (χ4v) is 3.82. The van der Waals surface area contributed by atoms with Crippen LogP contribution in [0.5, 0.6) is 5.75 Å². The van der Waals surface area contributed by atoms with Gasteiger partial charge in [-0.25, -0.2) is 9.37 Å². The van der Waals surface area contributed by atoms with Gasteiger partial charge in [0.1, 0.15) is 17.1 Å². The number of nitrogens with zero attached hydrogens (tertiary/aromatic N) is 3. The first kappa shape index (κ1) is 21.2. The van der Waals surface area contributed by atoms with Gasteiger partial charge in [-0.15, -0.1) is 0 Å². The molecule has 0 bridgehead atoms. The summed E-state index contributed by atoms with van der Waals surface area (Å²) in [5.74, 6) is 0.121. The largest absolute Gasteiger partial charge is 0.494 e. The number of ether oxygens (including phenoxy) is 1. The van der Waals surface area contributed by atoms with Crippen LogP contribution in [-0.4, -0.2) is 49.6 Å². The molecule has 0 atom stereocenters. The summed E-state index contributed by atoms with van der Waals surface area (Å²) in [6, 6.07) is 12.1. The Kier molecular flexibility index (Phi) is 7.17. The van der Waals surface area contributed by atoms with Crippen molar-refractivity contribution >= 4 is 32.6 Å². The van der Waals surface area contributed by atoms with Gasteiger partial charge in [0, 0.05) is 18.7 Å². The van der Waals surface area contributed by atoms with E-state index in [0.717, 1.165) is 17.5 Å². The number of hydrogen-bond donors (Lipinski definition) is 0. The summed E-state index contributed by atoms with van der Waals surface area (Å²) < 4.78 is 20.6. The molecular weight excluding hydrogens is 389 g/mol. The molecule has 0 aliphatic carbocycles. The number of para-hydroxylation sites is 1. The Bertz CT molecular complexity index is 974. The average Bonchev–Trinajstić information content (AvgIpc) is 3.13. The van der Waals surface area contributed by atoms with Crippen molar-refractivity contribution < 1.29 is 13.9 Å². The molecule has 2 aromatic carbocycles. The molecule has 0 saturated heterocycles. The molecule has 3 rings (SSSR count). The minimum Gasteiger partial charge on any atom is -0.494 e. The van der Waals surface area contributed by atoms with Crippen LogP contribution >= 0.6 is 11.3 Å². The summed E-state index contributed by atoms with van der Waals surface area (Å²) in [5.41, 5.74) is 0.823. The van der Waals surface area contributed by atoms with Gasteiger partial charge in [-0.3, -0.25) is 9.69 Å². The summed E-state index contributed by atoms with van der Waals surface area (Å²) in [6.45, 7) is 3.84. The molecule has 0 aliphatic heterocycles. The van der Waals surface area contributed by atoms with Gasteiger partial charge in [-0.2, -0.15) is 0 Å². The zero-order chi connectivity index (χ0) is 20.8. The van der Waals surface area contributed by atoms with Crippen LogP contribution in [0.25, 0.3) is 10.2 Å². The molecule has 1 amide bonds. The van der Waals surface area contributed by atoms with Gasteiger partial charge < -0.3 is 9.64 Å². The fourth-order valence-electron chi connectivity index (χ4n) is 2.81. The number of thiazole rings is 1. The molecular formula is C22H26FN3O2S. The third-order valence-corrected chi connectivity index (χ3v) is 5.50. The summed E-state index contributed by atoms with van der Waals surface area (Å²) in [5, 5.41) is 0.495. The molecule has 154 valence electrons. The second-order valence-corrected chi connectivity index (χ2v) is 8.08. The molecule has 7 heteroatoms. The molecule has 1 heterocycles. The number of aromatic nitrogens is 1. The smallest absolute Gasteiger partial charge is 0.260 e. The van der Waals surface area contributed by atoms with Gasteiger partial charge in [0.15, 0.2) is 5.13 Å². The van der Waals surface area contributed by atoms with Crippen molar-refractivity contribution in [2.45, 2.75) is 19.8 Å². The maximum absolute atomic E-state index is 14.1. The highest BCUT2D eigenvalue weighted by Crippen LogP contribution is 2.31. The maximum atomic E-state index is 14.1. The van der Waals surface area contributed by atoms with Crippen molar-refractivity contribution in [2.24, 2.45) is 0 Å². The van der Waals surface area contributed by atoms with Crippen molar-refractivity contribution in [3.63, 3.8) is 0 Å². The van der Waals surface area contributed by atoms with Crippen LogP contribution in [0.15, 0.2) is 42.5 Å². The van der Waals surface area contributed by atoms with Gasteiger partial charge in [0.25, 0.3) is 5.91 Å². The van der Waals surface area contributed by atoms with Crippen molar-refractivity contribution in [1.82, 2.24) is 9.88 Å². The number of rotatable bonds is 9.